The van der Waals surface area contributed by atoms with Crippen LogP contribution in [-0.4, -0.2) is 26.1 Å². The lowest BCUT2D eigenvalue weighted by Gasteiger charge is -2.06. The maximum Gasteiger partial charge on any atom is 0.335 e. The molecule has 0 fully saturated rings. The second-order valence-corrected chi connectivity index (χ2v) is 4.31. The molecule has 0 saturated carbocycles. The number of aromatic nitrogens is 3. The third-order valence-corrected chi connectivity index (χ3v) is 2.71. The molecule has 0 aliphatic heterocycles. The average Bonchev–Trinajstić information content (AvgIpc) is 2.77. The molecule has 1 aromatic carbocycles. The lowest BCUT2D eigenvalue weighted by Crippen LogP contribution is -2.02. The SMILES string of the molecule is CCCn1nncc1-c1cc(Cl)cc(C(=O)O)c1. The van der Waals surface area contributed by atoms with Crippen molar-refractivity contribution in [3.05, 3.63) is 35.0 Å². The molecule has 0 bridgehead atoms. The van der Waals surface area contributed by atoms with Crippen LogP contribution in [-0.2, 0) is 6.54 Å². The van der Waals surface area contributed by atoms with E-state index < -0.39 is 5.97 Å². The summed E-state index contributed by atoms with van der Waals surface area (Å²) < 4.78 is 1.73. The van der Waals surface area contributed by atoms with E-state index in [1.807, 2.05) is 6.92 Å². The van der Waals surface area contributed by atoms with Crippen molar-refractivity contribution in [1.82, 2.24) is 15.0 Å². The van der Waals surface area contributed by atoms with Crippen LogP contribution >= 0.6 is 11.6 Å². The summed E-state index contributed by atoms with van der Waals surface area (Å²) >= 11 is 5.93. The summed E-state index contributed by atoms with van der Waals surface area (Å²) in [5, 5.41) is 17.2. The van der Waals surface area contributed by atoms with Crippen LogP contribution in [0.25, 0.3) is 11.3 Å². The minimum atomic E-state index is -1.01. The summed E-state index contributed by atoms with van der Waals surface area (Å²) in [5.74, 6) is -1.01. The van der Waals surface area contributed by atoms with Gasteiger partial charge in [-0.2, -0.15) is 0 Å². The molecule has 18 heavy (non-hydrogen) atoms. The number of aromatic carboxylic acids is 1. The van der Waals surface area contributed by atoms with Crippen LogP contribution in [0.4, 0.5) is 0 Å². The molecule has 5 nitrogen and oxygen atoms in total. The molecular formula is C12H12ClN3O2. The van der Waals surface area contributed by atoms with Gasteiger partial charge < -0.3 is 5.11 Å². The molecule has 0 unspecified atom stereocenters. The van der Waals surface area contributed by atoms with Gasteiger partial charge >= 0.3 is 5.97 Å². The van der Waals surface area contributed by atoms with E-state index >= 15 is 0 Å². The zero-order chi connectivity index (χ0) is 13.1. The quantitative estimate of drug-likeness (QED) is 0.923. The van der Waals surface area contributed by atoms with Crippen LogP contribution in [0.1, 0.15) is 23.7 Å². The number of carboxylic acid groups (broad SMARTS) is 1. The third-order valence-electron chi connectivity index (χ3n) is 2.49. The van der Waals surface area contributed by atoms with Crippen LogP contribution in [0.2, 0.25) is 5.02 Å². The summed E-state index contributed by atoms with van der Waals surface area (Å²) in [7, 11) is 0. The molecule has 1 heterocycles. The number of hydrogen-bond acceptors (Lipinski definition) is 3. The highest BCUT2D eigenvalue weighted by molar-refractivity contribution is 6.31. The Balaban J connectivity index is 2.49. The number of nitrogens with zero attached hydrogens (tertiary/aromatic N) is 3. The van der Waals surface area contributed by atoms with Crippen molar-refractivity contribution in [3.8, 4) is 11.3 Å². The van der Waals surface area contributed by atoms with Gasteiger partial charge in [-0.05, 0) is 24.6 Å². The standard InChI is InChI=1S/C12H12ClN3O2/c1-2-3-16-11(7-14-15-16)8-4-9(12(17)18)6-10(13)5-8/h4-7H,2-3H2,1H3,(H,17,18). The number of halogens is 1. The van der Waals surface area contributed by atoms with Crippen molar-refractivity contribution in [2.45, 2.75) is 19.9 Å². The Bertz CT molecular complexity index is 580. The molecule has 0 amide bonds. The molecular weight excluding hydrogens is 254 g/mol. The van der Waals surface area contributed by atoms with Gasteiger partial charge in [0.25, 0.3) is 0 Å². The number of carboxylic acids is 1. The summed E-state index contributed by atoms with van der Waals surface area (Å²) in [6.07, 6.45) is 2.52. The molecule has 0 saturated heterocycles. The van der Waals surface area contributed by atoms with Crippen LogP contribution in [0, 0.1) is 0 Å². The van der Waals surface area contributed by atoms with E-state index in [4.69, 9.17) is 16.7 Å². The molecule has 0 spiro atoms. The summed E-state index contributed by atoms with van der Waals surface area (Å²) in [4.78, 5) is 11.0. The summed E-state index contributed by atoms with van der Waals surface area (Å²) in [5.41, 5.74) is 1.63. The van der Waals surface area contributed by atoms with E-state index in [1.54, 1.807) is 23.0 Å². The molecule has 94 valence electrons. The number of benzene rings is 1. The maximum atomic E-state index is 11.0. The van der Waals surface area contributed by atoms with Gasteiger partial charge in [-0.25, -0.2) is 9.48 Å². The van der Waals surface area contributed by atoms with Crippen LogP contribution in [0.3, 0.4) is 0 Å². The van der Waals surface area contributed by atoms with Gasteiger partial charge in [0.05, 0.1) is 17.5 Å². The van der Waals surface area contributed by atoms with Gasteiger partial charge in [0, 0.05) is 17.1 Å². The second kappa shape index (κ2) is 5.18. The summed E-state index contributed by atoms with van der Waals surface area (Å²) in [6, 6.07) is 4.69. The van der Waals surface area contributed by atoms with E-state index in [1.165, 1.54) is 6.07 Å². The molecule has 1 N–H and O–H groups in total. The van der Waals surface area contributed by atoms with Crippen LogP contribution < -0.4 is 0 Å². The minimum absolute atomic E-state index is 0.154. The van der Waals surface area contributed by atoms with E-state index in [2.05, 4.69) is 10.3 Å². The Morgan fingerprint density at radius 3 is 2.89 bits per heavy atom. The molecule has 2 aromatic rings. The van der Waals surface area contributed by atoms with E-state index in [0.717, 1.165) is 18.7 Å². The topological polar surface area (TPSA) is 68.0 Å². The molecule has 6 heteroatoms. The highest BCUT2D eigenvalue weighted by atomic mass is 35.5. The average molecular weight is 266 g/mol. The van der Waals surface area contributed by atoms with Gasteiger partial charge in [-0.15, -0.1) is 5.10 Å². The van der Waals surface area contributed by atoms with Crippen molar-refractivity contribution in [2.24, 2.45) is 0 Å². The normalized spacial score (nSPS) is 10.6. The van der Waals surface area contributed by atoms with Crippen molar-refractivity contribution in [3.63, 3.8) is 0 Å². The van der Waals surface area contributed by atoms with Crippen molar-refractivity contribution in [1.29, 1.82) is 0 Å². The number of rotatable bonds is 4. The molecule has 0 aliphatic carbocycles. The maximum absolute atomic E-state index is 11.0. The molecule has 0 aliphatic rings. The Morgan fingerprint density at radius 2 is 2.22 bits per heavy atom. The van der Waals surface area contributed by atoms with Crippen LogP contribution in [0.15, 0.2) is 24.4 Å². The fourth-order valence-electron chi connectivity index (χ4n) is 1.72. The molecule has 2 rings (SSSR count). The van der Waals surface area contributed by atoms with Crippen molar-refractivity contribution < 1.29 is 9.90 Å². The van der Waals surface area contributed by atoms with Gasteiger partial charge in [0.1, 0.15) is 0 Å². The Labute approximate surface area is 109 Å². The molecule has 0 atom stereocenters. The largest absolute Gasteiger partial charge is 0.478 e. The first-order valence-electron chi connectivity index (χ1n) is 5.54. The van der Waals surface area contributed by atoms with E-state index in [9.17, 15) is 4.79 Å². The second-order valence-electron chi connectivity index (χ2n) is 3.88. The van der Waals surface area contributed by atoms with Crippen molar-refractivity contribution >= 4 is 17.6 Å². The fourth-order valence-corrected chi connectivity index (χ4v) is 1.95. The number of aryl methyl sites for hydroxylation is 1. The Kier molecular flexibility index (Phi) is 3.62. The van der Waals surface area contributed by atoms with Gasteiger partial charge in [0.2, 0.25) is 0 Å². The summed E-state index contributed by atoms with van der Waals surface area (Å²) in [6.45, 7) is 2.76. The van der Waals surface area contributed by atoms with Crippen molar-refractivity contribution in [2.75, 3.05) is 0 Å². The first kappa shape index (κ1) is 12.6. The lowest BCUT2D eigenvalue weighted by molar-refractivity contribution is 0.0697. The predicted octanol–water partition coefficient (Wildman–Crippen LogP) is 2.71. The van der Waals surface area contributed by atoms with E-state index in [0.29, 0.717) is 10.6 Å². The highest BCUT2D eigenvalue weighted by Gasteiger charge is 2.11. The Hall–Kier alpha value is -1.88. The molecule has 1 aromatic heterocycles. The number of carbonyl (C=O) groups is 1. The highest BCUT2D eigenvalue weighted by Crippen LogP contribution is 2.24. The van der Waals surface area contributed by atoms with Crippen LogP contribution in [0.5, 0.6) is 0 Å². The fraction of sp³-hybridized carbons (Fsp3) is 0.250. The lowest BCUT2D eigenvalue weighted by atomic mass is 10.1. The minimum Gasteiger partial charge on any atom is -0.478 e. The smallest absolute Gasteiger partial charge is 0.335 e. The van der Waals surface area contributed by atoms with Gasteiger partial charge in [0.15, 0.2) is 0 Å². The molecule has 0 radical (unpaired) electrons. The zero-order valence-corrected chi connectivity index (χ0v) is 10.6. The predicted molar refractivity (Wildman–Crippen MR) is 67.7 cm³/mol. The monoisotopic (exact) mass is 265 g/mol. The Morgan fingerprint density at radius 1 is 1.44 bits per heavy atom. The van der Waals surface area contributed by atoms with Gasteiger partial charge in [-0.1, -0.05) is 23.7 Å². The number of hydrogen-bond donors (Lipinski definition) is 1. The first-order chi connectivity index (χ1) is 8.61. The zero-order valence-electron chi connectivity index (χ0n) is 9.80. The van der Waals surface area contributed by atoms with E-state index in [-0.39, 0.29) is 5.56 Å². The first-order valence-corrected chi connectivity index (χ1v) is 5.92. The third kappa shape index (κ3) is 2.51. The van der Waals surface area contributed by atoms with Gasteiger partial charge in [-0.3, -0.25) is 0 Å².